The second-order valence-electron chi connectivity index (χ2n) is 8.22. The van der Waals surface area contributed by atoms with Crippen LogP contribution in [0.5, 0.6) is 11.5 Å². The van der Waals surface area contributed by atoms with E-state index in [0.29, 0.717) is 35.0 Å². The fourth-order valence-electron chi connectivity index (χ4n) is 3.63. The lowest BCUT2D eigenvalue weighted by atomic mass is 9.95. The maximum Gasteiger partial charge on any atom is 0.255 e. The molecular weight excluding hydrogens is 421 g/mol. The van der Waals surface area contributed by atoms with E-state index in [2.05, 4.69) is 5.32 Å². The molecule has 1 saturated carbocycles. The molecule has 4 rings (SSSR count). The highest BCUT2D eigenvalue weighted by molar-refractivity contribution is 6.02. The smallest absolute Gasteiger partial charge is 0.255 e. The molecule has 1 amide bonds. The summed E-state index contributed by atoms with van der Waals surface area (Å²) in [4.78, 5) is 25.2. The molecule has 0 unspecified atom stereocenters. The van der Waals surface area contributed by atoms with Crippen LogP contribution >= 0.6 is 0 Å². The largest absolute Gasteiger partial charge is 0.494 e. The number of carbonyl (C=O) groups is 2. The van der Waals surface area contributed by atoms with Crippen molar-refractivity contribution in [3.05, 3.63) is 83.2 Å². The molecule has 3 aromatic carbocycles. The quantitative estimate of drug-likeness (QED) is 0.445. The molecular formula is C27H26FNO4. The second kappa shape index (κ2) is 9.86. The molecule has 1 N–H and O–H groups in total. The van der Waals surface area contributed by atoms with Crippen LogP contribution in [0.3, 0.4) is 0 Å². The first-order valence-corrected chi connectivity index (χ1v) is 10.9. The highest BCUT2D eigenvalue weighted by atomic mass is 19.1. The van der Waals surface area contributed by atoms with E-state index in [1.54, 1.807) is 24.3 Å². The number of amides is 1. The summed E-state index contributed by atoms with van der Waals surface area (Å²) in [5.74, 6) is 0.301. The number of Topliss-reactive ketones (excluding diaryl/α,β-unsaturated/α-hetero) is 1. The highest BCUT2D eigenvalue weighted by Crippen LogP contribution is 2.33. The molecule has 1 fully saturated rings. The standard InChI is InChI=1S/C27H26FNO4/c1-17(30)21-5-3-4-6-22(21)20-10-12-25(33-16-18-7-8-18)23(14-20)27(31)29-15-19-9-11-26(32-2)24(28)13-19/h3-6,9-14,18H,7-8,15-16H2,1-2H3,(H,29,31). The summed E-state index contributed by atoms with van der Waals surface area (Å²) in [6.45, 7) is 2.23. The molecule has 33 heavy (non-hydrogen) atoms. The molecule has 0 atom stereocenters. The van der Waals surface area contributed by atoms with E-state index in [-0.39, 0.29) is 24.0 Å². The van der Waals surface area contributed by atoms with Crippen LogP contribution in [0, 0.1) is 11.7 Å². The van der Waals surface area contributed by atoms with Crippen LogP contribution in [0.1, 0.15) is 46.0 Å². The van der Waals surface area contributed by atoms with E-state index < -0.39 is 5.82 Å². The van der Waals surface area contributed by atoms with Gasteiger partial charge in [-0.15, -0.1) is 0 Å². The summed E-state index contributed by atoms with van der Waals surface area (Å²) >= 11 is 0. The molecule has 170 valence electrons. The molecule has 0 saturated heterocycles. The summed E-state index contributed by atoms with van der Waals surface area (Å²) in [5, 5.41) is 2.85. The number of nitrogens with one attached hydrogen (secondary N) is 1. The molecule has 5 nitrogen and oxygen atoms in total. The highest BCUT2D eigenvalue weighted by Gasteiger charge is 2.23. The van der Waals surface area contributed by atoms with Gasteiger partial charge in [-0.3, -0.25) is 9.59 Å². The summed E-state index contributed by atoms with van der Waals surface area (Å²) < 4.78 is 24.9. The fraction of sp³-hybridized carbons (Fsp3) is 0.259. The minimum Gasteiger partial charge on any atom is -0.494 e. The Labute approximate surface area is 192 Å². The van der Waals surface area contributed by atoms with Gasteiger partial charge >= 0.3 is 0 Å². The van der Waals surface area contributed by atoms with Gasteiger partial charge in [0.15, 0.2) is 17.3 Å². The Hall–Kier alpha value is -3.67. The van der Waals surface area contributed by atoms with E-state index >= 15 is 0 Å². The Morgan fingerprint density at radius 2 is 1.76 bits per heavy atom. The van der Waals surface area contributed by atoms with E-state index in [1.165, 1.54) is 26.2 Å². The summed E-state index contributed by atoms with van der Waals surface area (Å²) in [5.41, 5.74) is 3.08. The molecule has 0 bridgehead atoms. The van der Waals surface area contributed by atoms with Gasteiger partial charge in [-0.25, -0.2) is 4.39 Å². The molecule has 6 heteroatoms. The maximum atomic E-state index is 14.0. The van der Waals surface area contributed by atoms with Gasteiger partial charge in [-0.05, 0) is 66.6 Å². The number of hydrogen-bond donors (Lipinski definition) is 1. The number of carbonyl (C=O) groups excluding carboxylic acids is 2. The molecule has 0 spiro atoms. The lowest BCUT2D eigenvalue weighted by molar-refractivity contribution is 0.0945. The van der Waals surface area contributed by atoms with Crippen molar-refractivity contribution in [2.24, 2.45) is 5.92 Å². The predicted molar refractivity (Wildman–Crippen MR) is 124 cm³/mol. The van der Waals surface area contributed by atoms with Crippen LogP contribution in [-0.4, -0.2) is 25.4 Å². The Balaban J connectivity index is 1.61. The first-order valence-electron chi connectivity index (χ1n) is 10.9. The van der Waals surface area contributed by atoms with Crippen molar-refractivity contribution in [2.75, 3.05) is 13.7 Å². The third-order valence-corrected chi connectivity index (χ3v) is 5.68. The molecule has 0 heterocycles. The monoisotopic (exact) mass is 447 g/mol. The predicted octanol–water partition coefficient (Wildman–Crippen LogP) is 5.42. The van der Waals surface area contributed by atoms with Gasteiger partial charge in [0.05, 0.1) is 19.3 Å². The molecule has 3 aromatic rings. The van der Waals surface area contributed by atoms with Gasteiger partial charge in [0.25, 0.3) is 5.91 Å². The van der Waals surface area contributed by atoms with Gasteiger partial charge in [0, 0.05) is 12.1 Å². The number of methoxy groups -OCH3 is 1. The molecule has 1 aliphatic rings. The summed E-state index contributed by atoms with van der Waals surface area (Å²) in [7, 11) is 1.40. The van der Waals surface area contributed by atoms with Crippen molar-refractivity contribution in [3.63, 3.8) is 0 Å². The lowest BCUT2D eigenvalue weighted by Crippen LogP contribution is -2.24. The van der Waals surface area contributed by atoms with Gasteiger partial charge in [-0.2, -0.15) is 0 Å². The Morgan fingerprint density at radius 3 is 2.45 bits per heavy atom. The normalized spacial score (nSPS) is 12.8. The first kappa shape index (κ1) is 22.5. The van der Waals surface area contributed by atoms with E-state index in [9.17, 15) is 14.0 Å². The molecule has 1 aliphatic carbocycles. The minimum atomic E-state index is -0.486. The van der Waals surface area contributed by atoms with Crippen molar-refractivity contribution in [1.82, 2.24) is 5.32 Å². The van der Waals surface area contributed by atoms with E-state index in [0.717, 1.165) is 24.0 Å². The third kappa shape index (κ3) is 5.40. The second-order valence-corrected chi connectivity index (χ2v) is 8.22. The SMILES string of the molecule is COc1ccc(CNC(=O)c2cc(-c3ccccc3C(C)=O)ccc2OCC2CC2)cc1F. The zero-order valence-corrected chi connectivity index (χ0v) is 18.7. The number of benzene rings is 3. The van der Waals surface area contributed by atoms with Crippen molar-refractivity contribution in [3.8, 4) is 22.6 Å². The van der Waals surface area contributed by atoms with Crippen molar-refractivity contribution < 1.29 is 23.5 Å². The third-order valence-electron chi connectivity index (χ3n) is 5.68. The van der Waals surface area contributed by atoms with Crippen LogP contribution in [0.15, 0.2) is 60.7 Å². The van der Waals surface area contributed by atoms with Crippen LogP contribution in [0.25, 0.3) is 11.1 Å². The van der Waals surface area contributed by atoms with E-state index in [4.69, 9.17) is 9.47 Å². The number of ketones is 1. The molecule has 0 aromatic heterocycles. The van der Waals surface area contributed by atoms with Gasteiger partial charge in [0.2, 0.25) is 0 Å². The van der Waals surface area contributed by atoms with Gasteiger partial charge in [0.1, 0.15) is 5.75 Å². The number of ether oxygens (including phenoxy) is 2. The van der Waals surface area contributed by atoms with Gasteiger partial charge < -0.3 is 14.8 Å². The van der Waals surface area contributed by atoms with Crippen LogP contribution < -0.4 is 14.8 Å². The van der Waals surface area contributed by atoms with Crippen molar-refractivity contribution in [2.45, 2.75) is 26.3 Å². The minimum absolute atomic E-state index is 0.0489. The average Bonchev–Trinajstić information content (AvgIpc) is 3.66. The number of halogens is 1. The maximum absolute atomic E-state index is 14.0. The zero-order chi connectivity index (χ0) is 23.4. The Morgan fingerprint density at radius 1 is 1.00 bits per heavy atom. The average molecular weight is 448 g/mol. The fourth-order valence-corrected chi connectivity index (χ4v) is 3.63. The summed E-state index contributed by atoms with van der Waals surface area (Å²) in [6.07, 6.45) is 2.27. The lowest BCUT2D eigenvalue weighted by Gasteiger charge is -2.15. The van der Waals surface area contributed by atoms with Crippen molar-refractivity contribution >= 4 is 11.7 Å². The molecule has 0 radical (unpaired) electrons. The van der Waals surface area contributed by atoms with Gasteiger partial charge in [-0.1, -0.05) is 36.4 Å². The van der Waals surface area contributed by atoms with Crippen LogP contribution in [0.2, 0.25) is 0 Å². The van der Waals surface area contributed by atoms with Crippen LogP contribution in [-0.2, 0) is 6.54 Å². The number of rotatable bonds is 9. The Kier molecular flexibility index (Phi) is 6.73. The Bertz CT molecular complexity index is 1190. The molecule has 0 aliphatic heterocycles. The van der Waals surface area contributed by atoms with E-state index in [1.807, 2.05) is 24.3 Å². The van der Waals surface area contributed by atoms with Crippen molar-refractivity contribution in [1.29, 1.82) is 0 Å². The number of hydrogen-bond acceptors (Lipinski definition) is 4. The topological polar surface area (TPSA) is 64.6 Å². The van der Waals surface area contributed by atoms with Crippen LogP contribution in [0.4, 0.5) is 4.39 Å². The summed E-state index contributed by atoms with van der Waals surface area (Å²) in [6, 6.07) is 17.2. The first-order chi connectivity index (χ1) is 16.0. The zero-order valence-electron chi connectivity index (χ0n) is 18.7.